The highest BCUT2D eigenvalue weighted by atomic mass is 16.5. The summed E-state index contributed by atoms with van der Waals surface area (Å²) in [6.45, 7) is 0. The van der Waals surface area contributed by atoms with Gasteiger partial charge >= 0.3 is 5.97 Å². The van der Waals surface area contributed by atoms with E-state index in [0.717, 1.165) is 6.42 Å². The van der Waals surface area contributed by atoms with Crippen LogP contribution in [0.5, 0.6) is 0 Å². The summed E-state index contributed by atoms with van der Waals surface area (Å²) in [5.74, 6) is 0.503. The van der Waals surface area contributed by atoms with Crippen LogP contribution >= 0.6 is 0 Å². The third-order valence-electron chi connectivity index (χ3n) is 3.14. The number of carbonyl (C=O) groups excluding carboxylic acids is 1. The van der Waals surface area contributed by atoms with E-state index in [1.807, 2.05) is 6.08 Å². The Morgan fingerprint density at radius 1 is 1.20 bits per heavy atom. The van der Waals surface area contributed by atoms with E-state index < -0.39 is 0 Å². The van der Waals surface area contributed by atoms with E-state index in [1.165, 1.54) is 38.2 Å². The van der Waals surface area contributed by atoms with Crippen molar-refractivity contribution in [1.29, 1.82) is 0 Å². The molecule has 1 heterocycles. The second kappa shape index (κ2) is 5.15. The molecule has 1 atom stereocenters. The molecule has 0 amide bonds. The number of esters is 1. The fourth-order valence-electron chi connectivity index (χ4n) is 2.26. The van der Waals surface area contributed by atoms with Gasteiger partial charge in [0.2, 0.25) is 0 Å². The maximum Gasteiger partial charge on any atom is 0.331 e. The van der Waals surface area contributed by atoms with E-state index in [9.17, 15) is 4.79 Å². The molecule has 1 aliphatic carbocycles. The van der Waals surface area contributed by atoms with Gasteiger partial charge in [-0.05, 0) is 24.8 Å². The fourth-order valence-corrected chi connectivity index (χ4v) is 2.26. The van der Waals surface area contributed by atoms with Crippen LogP contribution in [0.4, 0.5) is 0 Å². The van der Waals surface area contributed by atoms with Crippen LogP contribution in [0.1, 0.15) is 38.5 Å². The fraction of sp³-hybridized carbons (Fsp3) is 0.615. The van der Waals surface area contributed by atoms with Crippen LogP contribution in [0.3, 0.4) is 0 Å². The third kappa shape index (κ3) is 3.22. The maximum absolute atomic E-state index is 11.0. The van der Waals surface area contributed by atoms with Gasteiger partial charge in [-0.15, -0.1) is 0 Å². The standard InChI is InChI=1S/C13H18O2/c14-13-8-4-7-12(15-13)10-9-11-5-2-1-3-6-11/h4,8-12H,1-3,5-7H2/b10-9+/t12-/m0/s1. The van der Waals surface area contributed by atoms with E-state index in [0.29, 0.717) is 5.92 Å². The van der Waals surface area contributed by atoms with Gasteiger partial charge in [0.25, 0.3) is 0 Å². The zero-order valence-electron chi connectivity index (χ0n) is 9.02. The number of hydrogen-bond acceptors (Lipinski definition) is 2. The number of carbonyl (C=O) groups is 1. The number of hydrogen-bond donors (Lipinski definition) is 0. The molecule has 0 aromatic carbocycles. The van der Waals surface area contributed by atoms with Crippen LogP contribution in [-0.4, -0.2) is 12.1 Å². The lowest BCUT2D eigenvalue weighted by Gasteiger charge is -2.19. The average Bonchev–Trinajstić information content (AvgIpc) is 2.28. The minimum Gasteiger partial charge on any atom is -0.455 e. The van der Waals surface area contributed by atoms with Crippen LogP contribution in [0.15, 0.2) is 24.3 Å². The van der Waals surface area contributed by atoms with Gasteiger partial charge < -0.3 is 4.74 Å². The molecular weight excluding hydrogens is 188 g/mol. The first-order chi connectivity index (χ1) is 7.34. The van der Waals surface area contributed by atoms with Crippen molar-refractivity contribution in [2.45, 2.75) is 44.6 Å². The second-order valence-electron chi connectivity index (χ2n) is 4.40. The Bertz CT molecular complexity index is 272. The molecule has 1 fully saturated rings. The topological polar surface area (TPSA) is 26.3 Å². The maximum atomic E-state index is 11.0. The summed E-state index contributed by atoms with van der Waals surface area (Å²) in [5.41, 5.74) is 0. The predicted molar refractivity (Wildman–Crippen MR) is 59.4 cm³/mol. The largest absolute Gasteiger partial charge is 0.455 e. The minimum absolute atomic E-state index is 0.0237. The average molecular weight is 206 g/mol. The van der Waals surface area contributed by atoms with Crippen molar-refractivity contribution in [3.05, 3.63) is 24.3 Å². The molecule has 1 aliphatic heterocycles. The van der Waals surface area contributed by atoms with Gasteiger partial charge in [-0.3, -0.25) is 0 Å². The first-order valence-corrected chi connectivity index (χ1v) is 5.90. The zero-order chi connectivity index (χ0) is 10.5. The van der Waals surface area contributed by atoms with Gasteiger partial charge in [0.05, 0.1) is 0 Å². The Morgan fingerprint density at radius 2 is 2.00 bits per heavy atom. The summed E-state index contributed by atoms with van der Waals surface area (Å²) in [4.78, 5) is 11.0. The van der Waals surface area contributed by atoms with E-state index in [2.05, 4.69) is 12.2 Å². The molecule has 0 bridgehead atoms. The SMILES string of the molecule is O=C1C=CC[C@@H](/C=C/C2CCCCC2)O1. The van der Waals surface area contributed by atoms with Gasteiger partial charge in [-0.2, -0.15) is 0 Å². The van der Waals surface area contributed by atoms with Gasteiger partial charge in [0.15, 0.2) is 0 Å². The summed E-state index contributed by atoms with van der Waals surface area (Å²) in [7, 11) is 0. The molecule has 0 N–H and O–H groups in total. The van der Waals surface area contributed by atoms with Crippen molar-refractivity contribution in [3.63, 3.8) is 0 Å². The van der Waals surface area contributed by atoms with E-state index in [1.54, 1.807) is 0 Å². The lowest BCUT2D eigenvalue weighted by atomic mass is 9.89. The molecule has 2 rings (SSSR count). The lowest BCUT2D eigenvalue weighted by molar-refractivity contribution is -0.141. The molecule has 2 aliphatic rings. The summed E-state index contributed by atoms with van der Waals surface area (Å²) < 4.78 is 5.16. The molecule has 0 spiro atoms. The Labute approximate surface area is 91.0 Å². The van der Waals surface area contributed by atoms with Gasteiger partial charge in [-0.1, -0.05) is 31.4 Å². The molecule has 0 aromatic heterocycles. The lowest BCUT2D eigenvalue weighted by Crippen LogP contribution is -2.17. The van der Waals surface area contributed by atoms with Crippen LogP contribution in [-0.2, 0) is 9.53 Å². The summed E-state index contributed by atoms with van der Waals surface area (Å²) in [6, 6.07) is 0. The van der Waals surface area contributed by atoms with Crippen molar-refractivity contribution in [1.82, 2.24) is 0 Å². The van der Waals surface area contributed by atoms with Crippen molar-refractivity contribution in [2.24, 2.45) is 5.92 Å². The van der Waals surface area contributed by atoms with Gasteiger partial charge in [0, 0.05) is 12.5 Å². The smallest absolute Gasteiger partial charge is 0.331 e. The number of ether oxygens (including phenoxy) is 1. The number of cyclic esters (lactones) is 1. The first-order valence-electron chi connectivity index (χ1n) is 5.90. The van der Waals surface area contributed by atoms with Crippen molar-refractivity contribution >= 4 is 5.97 Å². The van der Waals surface area contributed by atoms with Gasteiger partial charge in [0.1, 0.15) is 6.10 Å². The summed E-state index contributed by atoms with van der Waals surface area (Å²) in [5, 5.41) is 0. The Balaban J connectivity index is 1.82. The first kappa shape index (κ1) is 10.5. The van der Waals surface area contributed by atoms with Crippen LogP contribution in [0.25, 0.3) is 0 Å². The summed E-state index contributed by atoms with van der Waals surface area (Å²) in [6.07, 6.45) is 15.2. The molecule has 1 saturated carbocycles. The van der Waals surface area contributed by atoms with Crippen LogP contribution < -0.4 is 0 Å². The Morgan fingerprint density at radius 3 is 2.73 bits per heavy atom. The molecule has 2 heteroatoms. The highest BCUT2D eigenvalue weighted by molar-refractivity contribution is 5.82. The monoisotopic (exact) mass is 206 g/mol. The molecule has 0 unspecified atom stereocenters. The minimum atomic E-state index is -0.209. The number of rotatable bonds is 2. The molecule has 15 heavy (non-hydrogen) atoms. The van der Waals surface area contributed by atoms with Crippen LogP contribution in [0.2, 0.25) is 0 Å². The van der Waals surface area contributed by atoms with E-state index >= 15 is 0 Å². The van der Waals surface area contributed by atoms with E-state index in [4.69, 9.17) is 4.74 Å². The van der Waals surface area contributed by atoms with E-state index in [-0.39, 0.29) is 12.1 Å². The molecule has 0 aromatic rings. The quantitative estimate of drug-likeness (QED) is 0.513. The molecule has 0 saturated heterocycles. The number of allylic oxidation sites excluding steroid dienone is 1. The normalized spacial score (nSPS) is 28.3. The molecule has 2 nitrogen and oxygen atoms in total. The highest BCUT2D eigenvalue weighted by Gasteiger charge is 2.14. The molecular formula is C13H18O2. The highest BCUT2D eigenvalue weighted by Crippen LogP contribution is 2.25. The summed E-state index contributed by atoms with van der Waals surface area (Å²) >= 11 is 0. The zero-order valence-corrected chi connectivity index (χ0v) is 9.02. The Kier molecular flexibility index (Phi) is 3.59. The van der Waals surface area contributed by atoms with Crippen LogP contribution in [0, 0.1) is 5.92 Å². The van der Waals surface area contributed by atoms with Crippen molar-refractivity contribution < 1.29 is 9.53 Å². The Hall–Kier alpha value is -1.05. The van der Waals surface area contributed by atoms with Gasteiger partial charge in [-0.25, -0.2) is 4.79 Å². The van der Waals surface area contributed by atoms with Crippen molar-refractivity contribution in [2.75, 3.05) is 0 Å². The third-order valence-corrected chi connectivity index (χ3v) is 3.14. The molecule has 82 valence electrons. The van der Waals surface area contributed by atoms with Crippen molar-refractivity contribution in [3.8, 4) is 0 Å². The molecule has 0 radical (unpaired) electrons. The predicted octanol–water partition coefficient (Wildman–Crippen LogP) is 2.99. The second-order valence-corrected chi connectivity index (χ2v) is 4.40.